The monoisotopic (exact) mass is 457 g/mol. The Labute approximate surface area is 178 Å². The molecule has 1 saturated heterocycles. The standard InChI is InChI=1S/C18H18F3N5O2S2/c1-10(29-17-25-24-16(30-17)22-9-13-6-3-7-27-13)15-23-14(26-28-15)11-4-2-5-12(8-11)18(19,20)21/h2,4-5,8,10,13H,3,6-7,9H2,1H3,(H,22,24)/t10-,13+/m1/s1. The van der Waals surface area contributed by atoms with Crippen molar-refractivity contribution in [1.82, 2.24) is 20.3 Å². The first-order chi connectivity index (χ1) is 14.4. The van der Waals surface area contributed by atoms with Gasteiger partial charge in [-0.1, -0.05) is 40.4 Å². The number of aromatic nitrogens is 4. The molecule has 1 aliphatic heterocycles. The normalized spacial score (nSPS) is 17.9. The lowest BCUT2D eigenvalue weighted by atomic mass is 10.1. The van der Waals surface area contributed by atoms with Gasteiger partial charge in [0.25, 0.3) is 0 Å². The van der Waals surface area contributed by atoms with Crippen LogP contribution in [0.15, 0.2) is 33.1 Å². The lowest BCUT2D eigenvalue weighted by Crippen LogP contribution is -2.18. The van der Waals surface area contributed by atoms with Crippen LogP contribution in [0.5, 0.6) is 0 Å². The minimum Gasteiger partial charge on any atom is -0.376 e. The van der Waals surface area contributed by atoms with E-state index in [1.807, 2.05) is 6.92 Å². The molecule has 12 heteroatoms. The number of thioether (sulfide) groups is 1. The highest BCUT2D eigenvalue weighted by Crippen LogP contribution is 2.38. The van der Waals surface area contributed by atoms with Crippen molar-refractivity contribution in [2.45, 2.75) is 41.6 Å². The number of hydrogen-bond donors (Lipinski definition) is 1. The van der Waals surface area contributed by atoms with Gasteiger partial charge in [-0.25, -0.2) is 0 Å². The molecule has 0 amide bonds. The Morgan fingerprint density at radius 1 is 1.33 bits per heavy atom. The van der Waals surface area contributed by atoms with Gasteiger partial charge in [0.1, 0.15) is 0 Å². The molecule has 1 aromatic carbocycles. The van der Waals surface area contributed by atoms with Crippen molar-refractivity contribution in [2.75, 3.05) is 18.5 Å². The molecule has 3 aromatic rings. The van der Waals surface area contributed by atoms with E-state index in [0.717, 1.165) is 35.9 Å². The van der Waals surface area contributed by atoms with Crippen LogP contribution in [0.2, 0.25) is 0 Å². The smallest absolute Gasteiger partial charge is 0.376 e. The Bertz CT molecular complexity index is 988. The quantitative estimate of drug-likeness (QED) is 0.493. The van der Waals surface area contributed by atoms with Gasteiger partial charge in [-0.05, 0) is 31.9 Å². The predicted octanol–water partition coefficient (Wildman–Crippen LogP) is 5.05. The van der Waals surface area contributed by atoms with Crippen molar-refractivity contribution in [2.24, 2.45) is 0 Å². The summed E-state index contributed by atoms with van der Waals surface area (Å²) in [5.41, 5.74) is -0.515. The maximum atomic E-state index is 12.9. The van der Waals surface area contributed by atoms with Gasteiger partial charge in [0.15, 0.2) is 4.34 Å². The van der Waals surface area contributed by atoms with Crippen LogP contribution in [0.1, 0.15) is 36.5 Å². The Morgan fingerprint density at radius 2 is 2.20 bits per heavy atom. The van der Waals surface area contributed by atoms with E-state index in [4.69, 9.17) is 9.26 Å². The molecule has 0 bridgehead atoms. The lowest BCUT2D eigenvalue weighted by molar-refractivity contribution is -0.137. The van der Waals surface area contributed by atoms with Crippen molar-refractivity contribution in [3.8, 4) is 11.4 Å². The Hall–Kier alpha value is -2.18. The highest BCUT2D eigenvalue weighted by molar-refractivity contribution is 8.01. The van der Waals surface area contributed by atoms with Crippen molar-refractivity contribution < 1.29 is 22.4 Å². The Kier molecular flexibility index (Phi) is 6.25. The van der Waals surface area contributed by atoms with Gasteiger partial charge in [-0.15, -0.1) is 10.2 Å². The molecule has 4 rings (SSSR count). The van der Waals surface area contributed by atoms with E-state index in [1.54, 1.807) is 0 Å². The fraction of sp³-hybridized carbons (Fsp3) is 0.444. The van der Waals surface area contributed by atoms with Crippen LogP contribution in [0.4, 0.5) is 18.3 Å². The maximum Gasteiger partial charge on any atom is 0.416 e. The van der Waals surface area contributed by atoms with Crippen LogP contribution in [0, 0.1) is 0 Å². The topological polar surface area (TPSA) is 86.0 Å². The molecule has 0 radical (unpaired) electrons. The van der Waals surface area contributed by atoms with Crippen LogP contribution in [0.3, 0.4) is 0 Å². The second-order valence-corrected chi connectivity index (χ2v) is 9.25. The second kappa shape index (κ2) is 8.90. The zero-order chi connectivity index (χ0) is 21.1. The van der Waals surface area contributed by atoms with E-state index in [-0.39, 0.29) is 22.7 Å². The van der Waals surface area contributed by atoms with Crippen LogP contribution in [-0.4, -0.2) is 39.6 Å². The third-order valence-corrected chi connectivity index (χ3v) is 6.48. The molecule has 0 saturated carbocycles. The first kappa shape index (κ1) is 21.1. The molecule has 1 aliphatic rings. The van der Waals surface area contributed by atoms with Gasteiger partial charge in [0.05, 0.1) is 16.9 Å². The van der Waals surface area contributed by atoms with E-state index in [1.165, 1.54) is 35.2 Å². The Balaban J connectivity index is 1.38. The minimum absolute atomic E-state index is 0.111. The van der Waals surface area contributed by atoms with Crippen molar-refractivity contribution in [3.63, 3.8) is 0 Å². The fourth-order valence-electron chi connectivity index (χ4n) is 2.89. The zero-order valence-corrected chi connectivity index (χ0v) is 17.5. The number of benzene rings is 1. The van der Waals surface area contributed by atoms with Gasteiger partial charge in [-0.2, -0.15) is 18.2 Å². The zero-order valence-electron chi connectivity index (χ0n) is 15.8. The summed E-state index contributed by atoms with van der Waals surface area (Å²) < 4.78 is 50.3. The molecule has 2 atom stereocenters. The van der Waals surface area contributed by atoms with Crippen LogP contribution < -0.4 is 5.32 Å². The van der Waals surface area contributed by atoms with Gasteiger partial charge in [-0.3, -0.25) is 0 Å². The highest BCUT2D eigenvalue weighted by Gasteiger charge is 2.31. The minimum atomic E-state index is -4.43. The average Bonchev–Trinajstić information content (AvgIpc) is 3.47. The second-order valence-electron chi connectivity index (χ2n) is 6.68. The van der Waals surface area contributed by atoms with Gasteiger partial charge in [0, 0.05) is 18.7 Å². The summed E-state index contributed by atoms with van der Waals surface area (Å²) in [5, 5.41) is 15.8. The van der Waals surface area contributed by atoms with E-state index < -0.39 is 11.7 Å². The summed E-state index contributed by atoms with van der Waals surface area (Å²) in [6, 6.07) is 4.84. The number of anilines is 1. The average molecular weight is 458 g/mol. The van der Waals surface area contributed by atoms with Crippen LogP contribution in [-0.2, 0) is 10.9 Å². The van der Waals surface area contributed by atoms with E-state index in [9.17, 15) is 13.2 Å². The summed E-state index contributed by atoms with van der Waals surface area (Å²) in [6.07, 6.45) is -2.11. The van der Waals surface area contributed by atoms with E-state index >= 15 is 0 Å². The van der Waals surface area contributed by atoms with Gasteiger partial charge < -0.3 is 14.6 Å². The summed E-state index contributed by atoms with van der Waals surface area (Å²) in [6.45, 7) is 3.35. The largest absolute Gasteiger partial charge is 0.416 e. The third-order valence-electron chi connectivity index (χ3n) is 4.43. The van der Waals surface area contributed by atoms with Crippen LogP contribution >= 0.6 is 23.1 Å². The number of halogens is 3. The first-order valence-electron chi connectivity index (χ1n) is 9.25. The van der Waals surface area contributed by atoms with Gasteiger partial charge >= 0.3 is 6.18 Å². The number of alkyl halides is 3. The number of rotatable bonds is 7. The van der Waals surface area contributed by atoms with E-state index in [0.29, 0.717) is 17.6 Å². The molecule has 0 spiro atoms. The molecule has 0 aliphatic carbocycles. The number of nitrogens with one attached hydrogen (secondary N) is 1. The molecule has 30 heavy (non-hydrogen) atoms. The van der Waals surface area contributed by atoms with Crippen molar-refractivity contribution in [1.29, 1.82) is 0 Å². The molecular weight excluding hydrogens is 439 g/mol. The molecule has 0 unspecified atom stereocenters. The predicted molar refractivity (Wildman–Crippen MR) is 106 cm³/mol. The number of ether oxygens (including phenoxy) is 1. The first-order valence-corrected chi connectivity index (χ1v) is 10.9. The molecular formula is C18H18F3N5O2S2. The summed E-state index contributed by atoms with van der Waals surface area (Å²) in [7, 11) is 0. The summed E-state index contributed by atoms with van der Waals surface area (Å²) in [5.74, 6) is 0.413. The molecule has 160 valence electrons. The lowest BCUT2D eigenvalue weighted by Gasteiger charge is -2.08. The molecule has 7 nitrogen and oxygen atoms in total. The van der Waals surface area contributed by atoms with Crippen molar-refractivity contribution in [3.05, 3.63) is 35.7 Å². The summed E-state index contributed by atoms with van der Waals surface area (Å²) in [4.78, 5) is 4.25. The third kappa shape index (κ3) is 5.10. The summed E-state index contributed by atoms with van der Waals surface area (Å²) >= 11 is 2.80. The molecule has 3 heterocycles. The molecule has 1 N–H and O–H groups in total. The van der Waals surface area contributed by atoms with Gasteiger partial charge in [0.2, 0.25) is 16.8 Å². The number of hydrogen-bond acceptors (Lipinski definition) is 9. The van der Waals surface area contributed by atoms with E-state index in [2.05, 4.69) is 25.7 Å². The van der Waals surface area contributed by atoms with Crippen molar-refractivity contribution >= 4 is 28.2 Å². The van der Waals surface area contributed by atoms with Crippen LogP contribution in [0.25, 0.3) is 11.4 Å². The fourth-order valence-corrected chi connectivity index (χ4v) is 4.82. The maximum absolute atomic E-state index is 12.9. The SMILES string of the molecule is C[C@@H](Sc1nnc(NC[C@@H]2CCCO2)s1)c1nc(-c2cccc(C(F)(F)F)c2)no1. The Morgan fingerprint density at radius 3 is 2.97 bits per heavy atom. The highest BCUT2D eigenvalue weighted by atomic mass is 32.2. The number of nitrogens with zero attached hydrogens (tertiary/aromatic N) is 4. The molecule has 1 fully saturated rings. The molecule has 2 aromatic heterocycles.